The predicted octanol–water partition coefficient (Wildman–Crippen LogP) is 1.36. The summed E-state index contributed by atoms with van der Waals surface area (Å²) in [5, 5.41) is 0. The van der Waals surface area contributed by atoms with Gasteiger partial charge in [0.05, 0.1) is 9.49 Å². The van der Waals surface area contributed by atoms with E-state index in [1.54, 1.807) is 20.8 Å². The molecule has 0 unspecified atom stereocenters. The molecule has 0 N–H and O–H groups in total. The lowest BCUT2D eigenvalue weighted by Gasteiger charge is -2.21. The van der Waals surface area contributed by atoms with Gasteiger partial charge in [-0.1, -0.05) is 0 Å². The largest absolute Gasteiger partial charge is 0.228 e. The summed E-state index contributed by atoms with van der Waals surface area (Å²) < 4.78 is 22.8. The van der Waals surface area contributed by atoms with Crippen LogP contribution in [0.1, 0.15) is 33.6 Å². The number of sulfone groups is 1. The Labute approximate surface area is 67.9 Å². The van der Waals surface area contributed by atoms with Gasteiger partial charge in [-0.15, -0.1) is 0 Å². The fourth-order valence-corrected chi connectivity index (χ4v) is 4.20. The van der Waals surface area contributed by atoms with Gasteiger partial charge in [0.1, 0.15) is 0 Å². The molecule has 11 heavy (non-hydrogen) atoms. The van der Waals surface area contributed by atoms with Crippen molar-refractivity contribution >= 4 is 9.84 Å². The number of fused-ring (bicyclic) bond motifs is 1. The summed E-state index contributed by atoms with van der Waals surface area (Å²) in [6, 6.07) is 0. The zero-order valence-electron chi connectivity index (χ0n) is 7.22. The van der Waals surface area contributed by atoms with Crippen molar-refractivity contribution in [1.82, 2.24) is 0 Å². The van der Waals surface area contributed by atoms with E-state index >= 15 is 0 Å². The molecule has 0 atom stereocenters. The first kappa shape index (κ1) is 7.59. The summed E-state index contributed by atoms with van der Waals surface area (Å²) in [5.41, 5.74) is 0. The highest BCUT2D eigenvalue weighted by Crippen LogP contribution is 2.73. The highest BCUT2D eigenvalue weighted by molar-refractivity contribution is 7.94. The molecule has 2 rings (SSSR count). The molecule has 0 aromatic heterocycles. The molecule has 2 aliphatic rings. The average molecular weight is 174 g/mol. The Kier molecular flexibility index (Phi) is 1.04. The van der Waals surface area contributed by atoms with Crippen molar-refractivity contribution in [3.05, 3.63) is 0 Å². The van der Waals surface area contributed by atoms with Gasteiger partial charge < -0.3 is 0 Å². The smallest absolute Gasteiger partial charge is 0.161 e. The van der Waals surface area contributed by atoms with Crippen LogP contribution in [0.2, 0.25) is 0 Å². The van der Waals surface area contributed by atoms with Crippen LogP contribution in [-0.2, 0) is 9.84 Å². The van der Waals surface area contributed by atoms with Gasteiger partial charge in [-0.3, -0.25) is 0 Å². The van der Waals surface area contributed by atoms with Crippen molar-refractivity contribution in [3.8, 4) is 0 Å². The molecule has 0 radical (unpaired) electrons. The van der Waals surface area contributed by atoms with E-state index in [4.69, 9.17) is 0 Å². The molecule has 2 nitrogen and oxygen atoms in total. The van der Waals surface area contributed by atoms with Gasteiger partial charge in [0, 0.05) is 0 Å². The third-order valence-corrected chi connectivity index (χ3v) is 6.30. The van der Waals surface area contributed by atoms with E-state index in [9.17, 15) is 8.42 Å². The fraction of sp³-hybridized carbons (Fsp3) is 1.00. The maximum absolute atomic E-state index is 11.8. The van der Waals surface area contributed by atoms with E-state index in [1.807, 2.05) is 0 Å². The number of rotatable bonds is 1. The fourth-order valence-electron chi connectivity index (χ4n) is 1.71. The monoisotopic (exact) mass is 174 g/mol. The van der Waals surface area contributed by atoms with Crippen LogP contribution >= 0.6 is 0 Å². The molecule has 0 bridgehead atoms. The predicted molar refractivity (Wildman–Crippen MR) is 44.1 cm³/mol. The normalized spacial score (nSPS) is 41.5. The van der Waals surface area contributed by atoms with Gasteiger partial charge in [0.2, 0.25) is 0 Å². The summed E-state index contributed by atoms with van der Waals surface area (Å²) in [4.78, 5) is 0. The van der Waals surface area contributed by atoms with Gasteiger partial charge in [-0.05, 0) is 39.5 Å². The van der Waals surface area contributed by atoms with Crippen LogP contribution in [0.3, 0.4) is 0 Å². The second-order valence-corrected chi connectivity index (χ2v) is 7.83. The Morgan fingerprint density at radius 2 is 1.64 bits per heavy atom. The molecule has 2 fully saturated rings. The van der Waals surface area contributed by atoms with Crippen molar-refractivity contribution < 1.29 is 8.42 Å². The molecule has 0 aromatic rings. The van der Waals surface area contributed by atoms with Gasteiger partial charge in [0.15, 0.2) is 9.84 Å². The van der Waals surface area contributed by atoms with Crippen LogP contribution in [0, 0.1) is 5.92 Å². The molecule has 0 saturated heterocycles. The minimum absolute atomic E-state index is 0.231. The molecule has 0 spiro atoms. The lowest BCUT2D eigenvalue weighted by atomic mass is 10.3. The van der Waals surface area contributed by atoms with E-state index in [0.29, 0.717) is 5.92 Å². The number of hydrogen-bond donors (Lipinski definition) is 0. The van der Waals surface area contributed by atoms with E-state index in [2.05, 4.69) is 0 Å². The molecule has 0 aliphatic heterocycles. The molecule has 0 aromatic carbocycles. The first-order valence-corrected chi connectivity index (χ1v) is 5.54. The summed E-state index contributed by atoms with van der Waals surface area (Å²) in [5.74, 6) is 0.534. The first-order valence-electron chi connectivity index (χ1n) is 4.05. The lowest BCUT2D eigenvalue weighted by molar-refractivity contribution is 0.551. The van der Waals surface area contributed by atoms with Gasteiger partial charge in [-0.2, -0.15) is 0 Å². The van der Waals surface area contributed by atoms with Crippen LogP contribution in [0.4, 0.5) is 0 Å². The highest BCUT2D eigenvalue weighted by Gasteiger charge is 2.79. The lowest BCUT2D eigenvalue weighted by Crippen LogP contribution is -2.34. The molecular weight excluding hydrogens is 160 g/mol. The molecule has 64 valence electrons. The van der Waals surface area contributed by atoms with Crippen molar-refractivity contribution in [1.29, 1.82) is 0 Å². The minimum atomic E-state index is -2.83. The van der Waals surface area contributed by atoms with Crippen molar-refractivity contribution in [2.75, 3.05) is 0 Å². The second kappa shape index (κ2) is 1.51. The summed E-state index contributed by atoms with van der Waals surface area (Å²) in [7, 11) is -2.83. The first-order chi connectivity index (χ1) is 4.81. The van der Waals surface area contributed by atoms with Gasteiger partial charge in [-0.25, -0.2) is 8.42 Å². The van der Waals surface area contributed by atoms with E-state index in [-0.39, 0.29) is 4.75 Å². The SMILES string of the molecule is CC(C)(C)S(=O)(=O)C12CC1C2. The Hall–Kier alpha value is -0.0500. The number of hydrogen-bond acceptors (Lipinski definition) is 2. The Bertz CT molecular complexity index is 281. The van der Waals surface area contributed by atoms with Crippen molar-refractivity contribution in [3.63, 3.8) is 0 Å². The quantitative estimate of drug-likeness (QED) is 0.601. The molecular formula is C8H14O2S. The zero-order valence-corrected chi connectivity index (χ0v) is 8.03. The Balaban J connectivity index is 2.37. The molecule has 0 amide bonds. The molecule has 2 saturated carbocycles. The van der Waals surface area contributed by atoms with Crippen LogP contribution in [0.15, 0.2) is 0 Å². The van der Waals surface area contributed by atoms with Gasteiger partial charge >= 0.3 is 0 Å². The zero-order chi connectivity index (χ0) is 8.49. The molecule has 2 aliphatic carbocycles. The van der Waals surface area contributed by atoms with Crippen LogP contribution in [0.25, 0.3) is 0 Å². The molecule has 3 heteroatoms. The van der Waals surface area contributed by atoms with Crippen LogP contribution < -0.4 is 0 Å². The molecule has 0 heterocycles. The van der Waals surface area contributed by atoms with Gasteiger partial charge in [0.25, 0.3) is 0 Å². The maximum atomic E-state index is 11.8. The van der Waals surface area contributed by atoms with E-state index in [0.717, 1.165) is 12.8 Å². The third-order valence-electron chi connectivity index (χ3n) is 2.95. The standard InChI is InChI=1S/C8H14O2S/c1-7(2,3)11(9,10)8-4-6(8)5-8/h6H,4-5H2,1-3H3. The summed E-state index contributed by atoms with van der Waals surface area (Å²) in [6.07, 6.45) is 1.87. The average Bonchev–Trinajstić information content (AvgIpc) is 2.38. The minimum Gasteiger partial charge on any atom is -0.228 e. The van der Waals surface area contributed by atoms with Crippen molar-refractivity contribution in [2.45, 2.75) is 43.1 Å². The summed E-state index contributed by atoms with van der Waals surface area (Å²) >= 11 is 0. The topological polar surface area (TPSA) is 34.1 Å². The second-order valence-electron chi connectivity index (χ2n) is 4.79. The van der Waals surface area contributed by atoms with E-state index in [1.165, 1.54) is 0 Å². The van der Waals surface area contributed by atoms with E-state index < -0.39 is 14.6 Å². The third kappa shape index (κ3) is 0.701. The Morgan fingerprint density at radius 1 is 1.27 bits per heavy atom. The van der Waals surface area contributed by atoms with Crippen molar-refractivity contribution in [2.24, 2.45) is 5.92 Å². The van der Waals surface area contributed by atoms with Crippen LogP contribution in [0.5, 0.6) is 0 Å². The summed E-state index contributed by atoms with van der Waals surface area (Å²) in [6.45, 7) is 5.39. The highest BCUT2D eigenvalue weighted by atomic mass is 32.2. The Morgan fingerprint density at radius 3 is 1.73 bits per heavy atom. The maximum Gasteiger partial charge on any atom is 0.161 e. The van der Waals surface area contributed by atoms with Crippen LogP contribution in [-0.4, -0.2) is 17.9 Å².